The fourth-order valence-electron chi connectivity index (χ4n) is 2.34. The maximum Gasteiger partial charge on any atom is 0.326 e. The number of hydrogen-bond acceptors (Lipinski definition) is 4. The van der Waals surface area contributed by atoms with Crippen LogP contribution in [0.5, 0.6) is 0 Å². The second-order valence-electron chi connectivity index (χ2n) is 6.13. The Morgan fingerprint density at radius 3 is 2.57 bits per heavy atom. The fraction of sp³-hybridized carbons (Fsp3) is 0.857. The average molecular weight is 301 g/mol. The molecule has 0 bridgehead atoms. The second kappa shape index (κ2) is 7.61. The lowest BCUT2D eigenvalue weighted by Crippen LogP contribution is -2.61. The molecule has 2 amide bonds. The van der Waals surface area contributed by atoms with Crippen molar-refractivity contribution in [2.24, 2.45) is 0 Å². The fourth-order valence-corrected chi connectivity index (χ4v) is 2.34. The minimum absolute atomic E-state index is 0.107. The smallest absolute Gasteiger partial charge is 0.326 e. The lowest BCUT2D eigenvalue weighted by molar-refractivity contribution is -0.139. The van der Waals surface area contributed by atoms with Gasteiger partial charge in [-0.3, -0.25) is 4.90 Å². The molecule has 1 fully saturated rings. The van der Waals surface area contributed by atoms with Crippen LogP contribution in [0.4, 0.5) is 4.79 Å². The molecular weight excluding hydrogens is 274 g/mol. The molecule has 1 heterocycles. The summed E-state index contributed by atoms with van der Waals surface area (Å²) >= 11 is 0. The molecule has 0 saturated carbocycles. The van der Waals surface area contributed by atoms with Gasteiger partial charge in [-0.2, -0.15) is 0 Å². The maximum atomic E-state index is 12.2. The number of carboxylic acid groups (broad SMARTS) is 1. The molecule has 1 atom stereocenters. The standard InChI is InChI=1S/C14H27N3O4/c1-14(2)10-17(8-7-16(14)3)13(20)15-11(12(18)19)6-5-9-21-4/h11H,5-10H2,1-4H3,(H,15,20)(H,18,19). The van der Waals surface area contributed by atoms with Gasteiger partial charge in [0, 0.05) is 38.9 Å². The number of likely N-dealkylation sites (N-methyl/N-ethyl adjacent to an activating group) is 1. The number of carbonyl (C=O) groups is 2. The van der Waals surface area contributed by atoms with E-state index in [1.807, 2.05) is 7.05 Å². The van der Waals surface area contributed by atoms with E-state index in [2.05, 4.69) is 24.1 Å². The quantitative estimate of drug-likeness (QED) is 0.702. The van der Waals surface area contributed by atoms with E-state index < -0.39 is 12.0 Å². The van der Waals surface area contributed by atoms with E-state index in [0.717, 1.165) is 6.54 Å². The van der Waals surface area contributed by atoms with Crippen LogP contribution in [0, 0.1) is 0 Å². The van der Waals surface area contributed by atoms with E-state index in [9.17, 15) is 14.7 Å². The third-order valence-corrected chi connectivity index (χ3v) is 4.04. The number of aliphatic carboxylic acids is 1. The van der Waals surface area contributed by atoms with Crippen LogP contribution in [0.15, 0.2) is 0 Å². The molecule has 1 aliphatic heterocycles. The highest BCUT2D eigenvalue weighted by Gasteiger charge is 2.34. The Bertz CT molecular complexity index is 373. The maximum absolute atomic E-state index is 12.2. The van der Waals surface area contributed by atoms with E-state index in [-0.39, 0.29) is 11.6 Å². The average Bonchev–Trinajstić information content (AvgIpc) is 2.40. The summed E-state index contributed by atoms with van der Waals surface area (Å²) in [6.45, 7) is 6.60. The van der Waals surface area contributed by atoms with Crippen LogP contribution in [0.25, 0.3) is 0 Å². The van der Waals surface area contributed by atoms with Crippen molar-refractivity contribution in [2.45, 2.75) is 38.3 Å². The zero-order valence-electron chi connectivity index (χ0n) is 13.4. The number of nitrogens with one attached hydrogen (secondary N) is 1. The summed E-state index contributed by atoms with van der Waals surface area (Å²) in [4.78, 5) is 27.3. The number of piperazine rings is 1. The lowest BCUT2D eigenvalue weighted by Gasteiger charge is -2.45. The van der Waals surface area contributed by atoms with Gasteiger partial charge in [0.05, 0.1) is 0 Å². The first-order valence-corrected chi connectivity index (χ1v) is 7.26. The van der Waals surface area contributed by atoms with E-state index in [0.29, 0.717) is 32.5 Å². The second-order valence-corrected chi connectivity index (χ2v) is 6.13. The first-order chi connectivity index (χ1) is 9.77. The number of methoxy groups -OCH3 is 1. The van der Waals surface area contributed by atoms with Crippen molar-refractivity contribution in [3.05, 3.63) is 0 Å². The van der Waals surface area contributed by atoms with E-state index in [4.69, 9.17) is 4.74 Å². The summed E-state index contributed by atoms with van der Waals surface area (Å²) in [5.41, 5.74) is -0.107. The summed E-state index contributed by atoms with van der Waals surface area (Å²) in [6, 6.07) is -1.17. The van der Waals surface area contributed by atoms with Gasteiger partial charge in [-0.1, -0.05) is 0 Å². The van der Waals surface area contributed by atoms with Gasteiger partial charge in [-0.15, -0.1) is 0 Å². The number of amides is 2. The minimum atomic E-state index is -1.01. The number of nitrogens with zero attached hydrogens (tertiary/aromatic N) is 2. The Morgan fingerprint density at radius 1 is 1.38 bits per heavy atom. The van der Waals surface area contributed by atoms with Gasteiger partial charge >= 0.3 is 12.0 Å². The van der Waals surface area contributed by atoms with Crippen LogP contribution >= 0.6 is 0 Å². The molecule has 1 rings (SSSR count). The Balaban J connectivity index is 2.55. The largest absolute Gasteiger partial charge is 0.480 e. The van der Waals surface area contributed by atoms with E-state index in [1.54, 1.807) is 12.0 Å². The zero-order valence-corrected chi connectivity index (χ0v) is 13.4. The van der Waals surface area contributed by atoms with Crippen LogP contribution in [0.2, 0.25) is 0 Å². The monoisotopic (exact) mass is 301 g/mol. The third-order valence-electron chi connectivity index (χ3n) is 4.04. The highest BCUT2D eigenvalue weighted by molar-refractivity contribution is 5.82. The molecule has 0 aromatic carbocycles. The van der Waals surface area contributed by atoms with Gasteiger partial charge in [-0.05, 0) is 33.7 Å². The molecule has 1 unspecified atom stereocenters. The highest BCUT2D eigenvalue weighted by Crippen LogP contribution is 2.18. The summed E-state index contributed by atoms with van der Waals surface area (Å²) in [7, 11) is 3.60. The molecule has 0 aliphatic carbocycles. The van der Waals surface area contributed by atoms with Crippen LogP contribution in [0.3, 0.4) is 0 Å². The molecule has 0 radical (unpaired) electrons. The number of hydrogen-bond donors (Lipinski definition) is 2. The molecule has 0 aromatic heterocycles. The number of urea groups is 1. The molecule has 0 aromatic rings. The molecule has 0 spiro atoms. The van der Waals surface area contributed by atoms with Gasteiger partial charge in [0.15, 0.2) is 0 Å². The number of ether oxygens (including phenoxy) is 1. The molecule has 2 N–H and O–H groups in total. The topological polar surface area (TPSA) is 82.1 Å². The van der Waals surface area contributed by atoms with Gasteiger partial charge in [0.25, 0.3) is 0 Å². The molecule has 7 heteroatoms. The van der Waals surface area contributed by atoms with Gasteiger partial charge in [0.2, 0.25) is 0 Å². The molecule has 7 nitrogen and oxygen atoms in total. The van der Waals surface area contributed by atoms with Gasteiger partial charge < -0.3 is 20.1 Å². The molecule has 1 saturated heterocycles. The number of rotatable bonds is 6. The van der Waals surface area contributed by atoms with Crippen molar-refractivity contribution in [3.63, 3.8) is 0 Å². The van der Waals surface area contributed by atoms with Crippen molar-refractivity contribution in [3.8, 4) is 0 Å². The van der Waals surface area contributed by atoms with E-state index in [1.165, 1.54) is 0 Å². The van der Waals surface area contributed by atoms with Crippen molar-refractivity contribution in [1.82, 2.24) is 15.1 Å². The number of carbonyl (C=O) groups excluding carboxylic acids is 1. The predicted octanol–water partition coefficient (Wildman–Crippen LogP) is 0.602. The Labute approximate surface area is 126 Å². The molecule has 1 aliphatic rings. The summed E-state index contributed by atoms with van der Waals surface area (Å²) in [6.07, 6.45) is 0.966. The summed E-state index contributed by atoms with van der Waals surface area (Å²) in [5, 5.41) is 11.8. The normalized spacial score (nSPS) is 20.1. The summed E-state index contributed by atoms with van der Waals surface area (Å²) < 4.78 is 4.91. The SMILES string of the molecule is COCCCC(NC(=O)N1CCN(C)C(C)(C)C1)C(=O)O. The van der Waals surface area contributed by atoms with Crippen molar-refractivity contribution >= 4 is 12.0 Å². The Kier molecular flexibility index (Phi) is 6.42. The molecule has 21 heavy (non-hydrogen) atoms. The van der Waals surface area contributed by atoms with Gasteiger partial charge in [0.1, 0.15) is 6.04 Å². The minimum Gasteiger partial charge on any atom is -0.480 e. The zero-order chi connectivity index (χ0) is 16.0. The van der Waals surface area contributed by atoms with Crippen LogP contribution < -0.4 is 5.32 Å². The Morgan fingerprint density at radius 2 is 2.05 bits per heavy atom. The van der Waals surface area contributed by atoms with Gasteiger partial charge in [-0.25, -0.2) is 9.59 Å². The Hall–Kier alpha value is -1.34. The summed E-state index contributed by atoms with van der Waals surface area (Å²) in [5.74, 6) is -1.01. The van der Waals surface area contributed by atoms with E-state index >= 15 is 0 Å². The van der Waals surface area contributed by atoms with Crippen molar-refractivity contribution in [2.75, 3.05) is 40.4 Å². The van der Waals surface area contributed by atoms with Crippen LogP contribution in [-0.2, 0) is 9.53 Å². The molecular formula is C14H27N3O4. The first-order valence-electron chi connectivity index (χ1n) is 7.26. The third kappa shape index (κ3) is 5.17. The van der Waals surface area contributed by atoms with Crippen molar-refractivity contribution < 1.29 is 19.4 Å². The van der Waals surface area contributed by atoms with Crippen LogP contribution in [-0.4, -0.2) is 78.9 Å². The highest BCUT2D eigenvalue weighted by atomic mass is 16.5. The lowest BCUT2D eigenvalue weighted by atomic mass is 10.00. The predicted molar refractivity (Wildman–Crippen MR) is 79.3 cm³/mol. The van der Waals surface area contributed by atoms with Crippen molar-refractivity contribution in [1.29, 1.82) is 0 Å². The number of carboxylic acids is 1. The van der Waals surface area contributed by atoms with Crippen LogP contribution in [0.1, 0.15) is 26.7 Å². The molecule has 122 valence electrons. The first kappa shape index (κ1) is 17.7.